The van der Waals surface area contributed by atoms with Gasteiger partial charge in [0.15, 0.2) is 0 Å². The molecule has 1 heterocycles. The molecule has 100 valence electrons. The second-order valence-electron chi connectivity index (χ2n) is 4.86. The molecular formula is C16H13FN2O. The van der Waals surface area contributed by atoms with Gasteiger partial charge in [0, 0.05) is 18.1 Å². The molecule has 2 aromatic rings. The van der Waals surface area contributed by atoms with Crippen LogP contribution < -0.4 is 10.5 Å². The Morgan fingerprint density at radius 3 is 2.85 bits per heavy atom. The molecule has 0 spiro atoms. The Hall–Kier alpha value is -2.38. The number of nitrogens with zero attached hydrogens (tertiary/aromatic N) is 1. The summed E-state index contributed by atoms with van der Waals surface area (Å²) in [5.41, 5.74) is 9.62. The second-order valence-corrected chi connectivity index (χ2v) is 4.86. The van der Waals surface area contributed by atoms with Crippen LogP contribution in [0.1, 0.15) is 11.1 Å². The predicted octanol–water partition coefficient (Wildman–Crippen LogP) is 2.78. The first-order valence-electron chi connectivity index (χ1n) is 6.37. The number of fused-ring (bicyclic) bond motifs is 3. The second kappa shape index (κ2) is 4.95. The van der Waals surface area contributed by atoms with Crippen LogP contribution in [0.25, 0.3) is 11.1 Å². The molecular weight excluding hydrogens is 255 g/mol. The molecule has 4 heteroatoms. The Morgan fingerprint density at radius 1 is 1.25 bits per heavy atom. The van der Waals surface area contributed by atoms with Crippen LogP contribution in [0.5, 0.6) is 5.75 Å². The minimum Gasteiger partial charge on any atom is -0.488 e. The number of nitriles is 1. The SMILES string of the molecule is N#CC(N)Cc1ccc2c(c1)COc1cc(F)ccc1-2. The van der Waals surface area contributed by atoms with E-state index in [2.05, 4.69) is 0 Å². The summed E-state index contributed by atoms with van der Waals surface area (Å²) in [5, 5.41) is 8.76. The molecule has 3 rings (SSSR count). The van der Waals surface area contributed by atoms with E-state index in [1.165, 1.54) is 12.1 Å². The molecule has 0 aliphatic carbocycles. The van der Waals surface area contributed by atoms with Gasteiger partial charge in [0.1, 0.15) is 18.2 Å². The predicted molar refractivity (Wildman–Crippen MR) is 73.5 cm³/mol. The average molecular weight is 268 g/mol. The Kier molecular flexibility index (Phi) is 3.13. The van der Waals surface area contributed by atoms with Crippen LogP contribution in [0.2, 0.25) is 0 Å². The molecule has 2 aromatic carbocycles. The maximum Gasteiger partial charge on any atom is 0.130 e. The number of nitrogens with two attached hydrogens (primary N) is 1. The van der Waals surface area contributed by atoms with Gasteiger partial charge < -0.3 is 10.5 Å². The zero-order valence-corrected chi connectivity index (χ0v) is 10.8. The van der Waals surface area contributed by atoms with Crippen molar-refractivity contribution in [3.63, 3.8) is 0 Å². The van der Waals surface area contributed by atoms with Gasteiger partial charge in [0.2, 0.25) is 0 Å². The maximum absolute atomic E-state index is 13.2. The van der Waals surface area contributed by atoms with E-state index in [0.29, 0.717) is 18.8 Å². The third-order valence-corrected chi connectivity index (χ3v) is 3.41. The first-order valence-corrected chi connectivity index (χ1v) is 6.37. The molecule has 0 fully saturated rings. The summed E-state index contributed by atoms with van der Waals surface area (Å²) in [4.78, 5) is 0. The highest BCUT2D eigenvalue weighted by atomic mass is 19.1. The number of ether oxygens (including phenoxy) is 1. The smallest absolute Gasteiger partial charge is 0.130 e. The van der Waals surface area contributed by atoms with E-state index in [4.69, 9.17) is 15.7 Å². The summed E-state index contributed by atoms with van der Waals surface area (Å²) in [6.07, 6.45) is 0.514. The molecule has 3 nitrogen and oxygen atoms in total. The van der Waals surface area contributed by atoms with Gasteiger partial charge in [0.05, 0.1) is 12.1 Å². The Morgan fingerprint density at radius 2 is 2.05 bits per heavy atom. The first kappa shape index (κ1) is 12.6. The van der Waals surface area contributed by atoms with Gasteiger partial charge in [-0.05, 0) is 28.8 Å². The van der Waals surface area contributed by atoms with Crippen molar-refractivity contribution in [3.8, 4) is 22.9 Å². The molecule has 0 amide bonds. The number of hydrogen-bond donors (Lipinski definition) is 1. The fourth-order valence-electron chi connectivity index (χ4n) is 2.45. The van der Waals surface area contributed by atoms with Gasteiger partial charge in [-0.3, -0.25) is 0 Å². The fraction of sp³-hybridized carbons (Fsp3) is 0.188. The van der Waals surface area contributed by atoms with Crippen LogP contribution in [0.15, 0.2) is 36.4 Å². The normalized spacial score (nSPS) is 13.7. The van der Waals surface area contributed by atoms with Crippen LogP contribution in [0.3, 0.4) is 0 Å². The Bertz CT molecular complexity index is 706. The highest BCUT2D eigenvalue weighted by Gasteiger charge is 2.18. The number of hydrogen-bond acceptors (Lipinski definition) is 3. The van der Waals surface area contributed by atoms with E-state index in [1.54, 1.807) is 6.07 Å². The minimum atomic E-state index is -0.501. The lowest BCUT2D eigenvalue weighted by Crippen LogP contribution is -2.20. The summed E-state index contributed by atoms with van der Waals surface area (Å²) in [6, 6.07) is 12.0. The van der Waals surface area contributed by atoms with E-state index < -0.39 is 6.04 Å². The van der Waals surface area contributed by atoms with Crippen molar-refractivity contribution >= 4 is 0 Å². The zero-order valence-electron chi connectivity index (χ0n) is 10.8. The summed E-state index contributed by atoms with van der Waals surface area (Å²) < 4.78 is 18.8. The van der Waals surface area contributed by atoms with Crippen LogP contribution in [0, 0.1) is 17.1 Å². The lowest BCUT2D eigenvalue weighted by molar-refractivity contribution is 0.300. The van der Waals surface area contributed by atoms with E-state index in [-0.39, 0.29) is 5.82 Å². The highest BCUT2D eigenvalue weighted by molar-refractivity contribution is 5.75. The van der Waals surface area contributed by atoms with Crippen LogP contribution in [-0.2, 0) is 13.0 Å². The Balaban J connectivity index is 1.99. The molecule has 0 bridgehead atoms. The van der Waals surface area contributed by atoms with Gasteiger partial charge in [0.25, 0.3) is 0 Å². The minimum absolute atomic E-state index is 0.302. The van der Waals surface area contributed by atoms with E-state index in [1.807, 2.05) is 24.3 Å². The molecule has 1 aliphatic heterocycles. The molecule has 0 saturated heterocycles. The quantitative estimate of drug-likeness (QED) is 0.911. The van der Waals surface area contributed by atoms with Crippen LogP contribution in [0.4, 0.5) is 4.39 Å². The van der Waals surface area contributed by atoms with E-state index >= 15 is 0 Å². The first-order chi connectivity index (χ1) is 9.67. The van der Waals surface area contributed by atoms with Gasteiger partial charge in [-0.2, -0.15) is 5.26 Å². The molecule has 0 aromatic heterocycles. The highest BCUT2D eigenvalue weighted by Crippen LogP contribution is 2.38. The molecule has 2 N–H and O–H groups in total. The van der Waals surface area contributed by atoms with Gasteiger partial charge >= 0.3 is 0 Å². The van der Waals surface area contributed by atoms with Crippen molar-refractivity contribution in [2.45, 2.75) is 19.1 Å². The van der Waals surface area contributed by atoms with Crippen molar-refractivity contribution in [1.29, 1.82) is 5.26 Å². The van der Waals surface area contributed by atoms with Gasteiger partial charge in [-0.15, -0.1) is 0 Å². The third kappa shape index (κ3) is 2.24. The van der Waals surface area contributed by atoms with Crippen molar-refractivity contribution in [3.05, 3.63) is 53.3 Å². The number of halogens is 1. The fourth-order valence-corrected chi connectivity index (χ4v) is 2.45. The van der Waals surface area contributed by atoms with Crippen molar-refractivity contribution in [2.24, 2.45) is 5.73 Å². The summed E-state index contributed by atoms with van der Waals surface area (Å²) in [6.45, 7) is 0.404. The van der Waals surface area contributed by atoms with Gasteiger partial charge in [-0.25, -0.2) is 4.39 Å². The summed E-state index contributed by atoms with van der Waals surface area (Å²) >= 11 is 0. The van der Waals surface area contributed by atoms with Crippen molar-refractivity contribution in [1.82, 2.24) is 0 Å². The summed E-state index contributed by atoms with van der Waals surface area (Å²) in [5.74, 6) is 0.266. The maximum atomic E-state index is 13.2. The standard InChI is InChI=1S/C16H13FN2O/c17-12-2-4-15-14-3-1-10(6-13(19)8-18)5-11(14)9-20-16(15)7-12/h1-5,7,13H,6,9,19H2. The average Bonchev–Trinajstić information content (AvgIpc) is 2.46. The molecule has 0 radical (unpaired) electrons. The van der Waals surface area contributed by atoms with Crippen LogP contribution >= 0.6 is 0 Å². The molecule has 0 saturated carbocycles. The molecule has 20 heavy (non-hydrogen) atoms. The largest absolute Gasteiger partial charge is 0.488 e. The molecule has 1 atom stereocenters. The van der Waals surface area contributed by atoms with Crippen molar-refractivity contribution < 1.29 is 9.13 Å². The van der Waals surface area contributed by atoms with Gasteiger partial charge in [-0.1, -0.05) is 18.2 Å². The van der Waals surface area contributed by atoms with E-state index in [9.17, 15) is 4.39 Å². The zero-order chi connectivity index (χ0) is 14.1. The lowest BCUT2D eigenvalue weighted by atomic mass is 9.94. The van der Waals surface area contributed by atoms with Crippen molar-refractivity contribution in [2.75, 3.05) is 0 Å². The third-order valence-electron chi connectivity index (χ3n) is 3.41. The number of rotatable bonds is 2. The molecule has 1 unspecified atom stereocenters. The Labute approximate surface area is 116 Å². The monoisotopic (exact) mass is 268 g/mol. The summed E-state index contributed by atoms with van der Waals surface area (Å²) in [7, 11) is 0. The number of benzene rings is 2. The van der Waals surface area contributed by atoms with E-state index in [0.717, 1.165) is 22.3 Å². The lowest BCUT2D eigenvalue weighted by Gasteiger charge is -2.21. The van der Waals surface area contributed by atoms with Crippen LogP contribution in [-0.4, -0.2) is 6.04 Å². The topological polar surface area (TPSA) is 59.0 Å². The molecule has 1 aliphatic rings.